The van der Waals surface area contributed by atoms with Gasteiger partial charge in [-0.05, 0) is 43.4 Å². The van der Waals surface area contributed by atoms with Gasteiger partial charge in [0.1, 0.15) is 0 Å². The van der Waals surface area contributed by atoms with Crippen molar-refractivity contribution >= 4 is 27.2 Å². The highest BCUT2D eigenvalue weighted by molar-refractivity contribution is 7.17. The molecular weight excluding hydrogens is 218 g/mol. The minimum atomic E-state index is -0.129. The van der Waals surface area contributed by atoms with E-state index in [0.29, 0.717) is 0 Å². The zero-order chi connectivity index (χ0) is 11.7. The summed E-state index contributed by atoms with van der Waals surface area (Å²) in [5, 5.41) is 3.29. The summed E-state index contributed by atoms with van der Waals surface area (Å²) in [4.78, 5) is 13.7. The smallest absolute Gasteiger partial charge is 0.151 e. The molecule has 0 radical (unpaired) electrons. The van der Waals surface area contributed by atoms with Crippen LogP contribution in [0.15, 0.2) is 29.6 Å². The molecule has 0 fully saturated rings. The van der Waals surface area contributed by atoms with Crippen LogP contribution in [0.4, 0.5) is 0 Å². The number of fused-ring (bicyclic) bond motifs is 1. The first kappa shape index (κ1) is 11.3. The molecule has 1 atom stereocenters. The lowest BCUT2D eigenvalue weighted by Gasteiger charge is -2.21. The maximum atomic E-state index is 11.7. The second-order valence-corrected chi connectivity index (χ2v) is 5.08. The van der Waals surface area contributed by atoms with Gasteiger partial charge in [0, 0.05) is 4.70 Å². The van der Waals surface area contributed by atoms with E-state index in [1.165, 1.54) is 10.1 Å². The van der Waals surface area contributed by atoms with Gasteiger partial charge in [-0.15, -0.1) is 11.3 Å². The summed E-state index contributed by atoms with van der Waals surface area (Å²) < 4.78 is 1.24. The van der Waals surface area contributed by atoms with Crippen LogP contribution in [-0.4, -0.2) is 24.8 Å². The molecule has 2 rings (SSSR count). The minimum Gasteiger partial charge on any atom is -0.298 e. The van der Waals surface area contributed by atoms with Gasteiger partial charge in [0.25, 0.3) is 0 Å². The molecule has 1 aromatic heterocycles. The van der Waals surface area contributed by atoms with Gasteiger partial charge in [-0.3, -0.25) is 9.69 Å². The first-order valence-electron chi connectivity index (χ1n) is 5.24. The highest BCUT2D eigenvalue weighted by Crippen LogP contribution is 2.32. The maximum absolute atomic E-state index is 11.7. The average Bonchev–Trinajstić information content (AvgIpc) is 2.61. The van der Waals surface area contributed by atoms with Gasteiger partial charge in [-0.2, -0.15) is 0 Å². The van der Waals surface area contributed by atoms with E-state index in [1.807, 2.05) is 31.1 Å². The minimum absolute atomic E-state index is 0.129. The Labute approximate surface area is 99.5 Å². The Kier molecular flexibility index (Phi) is 3.08. The molecule has 0 amide bonds. The number of carbonyl (C=O) groups excluding carboxylic acids is 1. The number of Topliss-reactive ketones (excluding diaryl/α,β-unsaturated/α-hetero) is 1. The van der Waals surface area contributed by atoms with Gasteiger partial charge in [-0.25, -0.2) is 0 Å². The molecule has 0 aliphatic carbocycles. The van der Waals surface area contributed by atoms with Gasteiger partial charge < -0.3 is 0 Å². The highest BCUT2D eigenvalue weighted by Gasteiger charge is 2.21. The van der Waals surface area contributed by atoms with Crippen LogP contribution < -0.4 is 0 Å². The zero-order valence-electron chi connectivity index (χ0n) is 9.73. The summed E-state index contributed by atoms with van der Waals surface area (Å²) >= 11 is 1.70. The lowest BCUT2D eigenvalue weighted by atomic mass is 10.0. The normalized spacial score (nSPS) is 13.2. The Bertz CT molecular complexity index is 515. The molecule has 0 aliphatic rings. The van der Waals surface area contributed by atoms with Crippen LogP contribution in [0.5, 0.6) is 0 Å². The molecule has 16 heavy (non-hydrogen) atoms. The summed E-state index contributed by atoms with van der Waals surface area (Å²) in [6.07, 6.45) is 0. The van der Waals surface area contributed by atoms with Crippen molar-refractivity contribution in [3.05, 3.63) is 35.2 Å². The average molecular weight is 233 g/mol. The van der Waals surface area contributed by atoms with E-state index < -0.39 is 0 Å². The van der Waals surface area contributed by atoms with E-state index in [4.69, 9.17) is 0 Å². The largest absolute Gasteiger partial charge is 0.298 e. The fourth-order valence-corrected chi connectivity index (χ4v) is 3.05. The van der Waals surface area contributed by atoms with Crippen LogP contribution in [0.2, 0.25) is 0 Å². The molecule has 3 heteroatoms. The number of carbonyl (C=O) groups is 1. The van der Waals surface area contributed by atoms with Crippen molar-refractivity contribution in [2.75, 3.05) is 14.1 Å². The van der Waals surface area contributed by atoms with E-state index in [2.05, 4.69) is 17.5 Å². The van der Waals surface area contributed by atoms with Gasteiger partial charge in [0.15, 0.2) is 5.78 Å². The maximum Gasteiger partial charge on any atom is 0.151 e. The molecule has 0 spiro atoms. The van der Waals surface area contributed by atoms with Crippen LogP contribution in [0.3, 0.4) is 0 Å². The first-order valence-corrected chi connectivity index (χ1v) is 6.12. The van der Waals surface area contributed by atoms with Crippen LogP contribution in [-0.2, 0) is 4.79 Å². The Hall–Kier alpha value is -1.19. The van der Waals surface area contributed by atoms with E-state index >= 15 is 0 Å². The third-order valence-electron chi connectivity index (χ3n) is 2.71. The molecular formula is C13H15NOS. The molecule has 84 valence electrons. The molecule has 0 aliphatic heterocycles. The third kappa shape index (κ3) is 1.88. The van der Waals surface area contributed by atoms with E-state index in [9.17, 15) is 4.79 Å². The Morgan fingerprint density at radius 2 is 2.00 bits per heavy atom. The summed E-state index contributed by atoms with van der Waals surface area (Å²) in [6, 6.07) is 8.10. The van der Waals surface area contributed by atoms with Crippen LogP contribution in [0, 0.1) is 0 Å². The van der Waals surface area contributed by atoms with Crippen molar-refractivity contribution in [1.82, 2.24) is 4.90 Å². The number of hydrogen-bond donors (Lipinski definition) is 0. The van der Waals surface area contributed by atoms with Gasteiger partial charge in [-0.1, -0.05) is 18.2 Å². The third-order valence-corrected chi connectivity index (χ3v) is 3.69. The van der Waals surface area contributed by atoms with Crippen LogP contribution in [0.1, 0.15) is 18.5 Å². The van der Waals surface area contributed by atoms with Crippen molar-refractivity contribution in [2.45, 2.75) is 13.0 Å². The Morgan fingerprint density at radius 1 is 1.31 bits per heavy atom. The Balaban J connectivity index is 2.57. The zero-order valence-corrected chi connectivity index (χ0v) is 10.5. The summed E-state index contributed by atoms with van der Waals surface area (Å²) in [5.41, 5.74) is 1.12. The Morgan fingerprint density at radius 3 is 2.62 bits per heavy atom. The van der Waals surface area contributed by atoms with E-state index in [1.54, 1.807) is 18.3 Å². The first-order chi connectivity index (χ1) is 7.61. The lowest BCUT2D eigenvalue weighted by Crippen LogP contribution is -2.25. The van der Waals surface area contributed by atoms with Crippen LogP contribution in [0.25, 0.3) is 10.1 Å². The van der Waals surface area contributed by atoms with Crippen molar-refractivity contribution in [3.8, 4) is 0 Å². The van der Waals surface area contributed by atoms with Crippen molar-refractivity contribution < 1.29 is 4.79 Å². The van der Waals surface area contributed by atoms with Crippen molar-refractivity contribution in [3.63, 3.8) is 0 Å². The quantitative estimate of drug-likeness (QED) is 0.812. The SMILES string of the molecule is CC(=O)C(c1csc2ccccc12)N(C)C. The molecule has 0 bridgehead atoms. The second kappa shape index (κ2) is 4.36. The van der Waals surface area contributed by atoms with Gasteiger partial charge in [0.2, 0.25) is 0 Å². The van der Waals surface area contributed by atoms with Gasteiger partial charge >= 0.3 is 0 Å². The monoisotopic (exact) mass is 233 g/mol. The second-order valence-electron chi connectivity index (χ2n) is 4.16. The number of benzene rings is 1. The van der Waals surface area contributed by atoms with Crippen molar-refractivity contribution in [1.29, 1.82) is 0 Å². The fraction of sp³-hybridized carbons (Fsp3) is 0.308. The van der Waals surface area contributed by atoms with E-state index in [0.717, 1.165) is 5.56 Å². The number of hydrogen-bond acceptors (Lipinski definition) is 3. The summed E-state index contributed by atoms with van der Waals surface area (Å²) in [5.74, 6) is 0.188. The molecule has 1 heterocycles. The predicted molar refractivity (Wildman–Crippen MR) is 68.9 cm³/mol. The van der Waals surface area contributed by atoms with Gasteiger partial charge in [0.05, 0.1) is 6.04 Å². The lowest BCUT2D eigenvalue weighted by molar-refractivity contribution is -0.121. The highest BCUT2D eigenvalue weighted by atomic mass is 32.1. The summed E-state index contributed by atoms with van der Waals surface area (Å²) in [6.45, 7) is 1.65. The topological polar surface area (TPSA) is 20.3 Å². The number of ketones is 1. The van der Waals surface area contributed by atoms with E-state index in [-0.39, 0.29) is 11.8 Å². The number of nitrogens with zero attached hydrogens (tertiary/aromatic N) is 1. The molecule has 1 unspecified atom stereocenters. The number of rotatable bonds is 3. The summed E-state index contributed by atoms with van der Waals surface area (Å²) in [7, 11) is 3.89. The number of thiophene rings is 1. The standard InChI is InChI=1S/C13H15NOS/c1-9(15)13(14(2)3)11-8-16-12-7-5-4-6-10(11)12/h4-8,13H,1-3H3. The van der Waals surface area contributed by atoms with Crippen LogP contribution >= 0.6 is 11.3 Å². The molecule has 1 aromatic carbocycles. The predicted octanol–water partition coefficient (Wildman–Crippen LogP) is 3.09. The molecule has 2 nitrogen and oxygen atoms in total. The molecule has 0 N–H and O–H groups in total. The molecule has 0 saturated carbocycles. The molecule has 2 aromatic rings. The van der Waals surface area contributed by atoms with Crippen molar-refractivity contribution in [2.24, 2.45) is 0 Å². The fourth-order valence-electron chi connectivity index (χ4n) is 2.07. The number of likely N-dealkylation sites (N-methyl/N-ethyl adjacent to an activating group) is 1. The molecule has 0 saturated heterocycles.